The highest BCUT2D eigenvalue weighted by Crippen LogP contribution is 2.41. The van der Waals surface area contributed by atoms with E-state index in [2.05, 4.69) is 49.8 Å². The highest BCUT2D eigenvalue weighted by molar-refractivity contribution is 5.98. The average Bonchev–Trinajstić information content (AvgIpc) is 3.43. The molecule has 1 spiro atoms. The smallest absolute Gasteiger partial charge is 0.343 e. The summed E-state index contributed by atoms with van der Waals surface area (Å²) >= 11 is 0. The van der Waals surface area contributed by atoms with Crippen LogP contribution in [0.4, 0.5) is 0 Å². The third kappa shape index (κ3) is 3.97. The number of aliphatic hydroxyl groups is 1. The van der Waals surface area contributed by atoms with E-state index in [0.717, 1.165) is 12.0 Å². The molecule has 1 aromatic heterocycles. The van der Waals surface area contributed by atoms with E-state index in [1.54, 1.807) is 17.0 Å². The zero-order valence-corrected chi connectivity index (χ0v) is 22.2. The van der Waals surface area contributed by atoms with Crippen LogP contribution in [0.25, 0.3) is 0 Å². The van der Waals surface area contributed by atoms with Crippen molar-refractivity contribution in [1.29, 1.82) is 0 Å². The molecule has 2 amide bonds. The van der Waals surface area contributed by atoms with Crippen molar-refractivity contribution in [3.05, 3.63) is 53.6 Å². The normalized spacial score (nSPS) is 29.5. The van der Waals surface area contributed by atoms with E-state index in [9.17, 15) is 14.7 Å². The molecule has 1 unspecified atom stereocenters. The van der Waals surface area contributed by atoms with E-state index in [4.69, 9.17) is 16.2 Å². The number of nitrogens with two attached hydrogens (primary N) is 2. The van der Waals surface area contributed by atoms with Gasteiger partial charge in [0.1, 0.15) is 17.9 Å². The number of nitrogens with zero attached hydrogens (tertiary/aromatic N) is 4. The molecule has 14 nitrogen and oxygen atoms in total. The first-order valence-electron chi connectivity index (χ1n) is 13.2. The second-order valence-electron chi connectivity index (χ2n) is 11.1. The molecule has 0 bridgehead atoms. The fraction of sp³-hybridized carbons (Fsp3) is 0.462. The molecule has 0 saturated carbocycles. The maximum atomic E-state index is 13.5. The van der Waals surface area contributed by atoms with Crippen molar-refractivity contribution >= 4 is 23.7 Å². The van der Waals surface area contributed by atoms with Crippen molar-refractivity contribution < 1.29 is 24.4 Å². The Kier molecular flexibility index (Phi) is 6.02. The number of carbonyl (C=O) groups is 2. The number of aliphatic hydroxyl groups excluding tert-OH is 1. The van der Waals surface area contributed by atoms with Gasteiger partial charge in [0.05, 0.1) is 18.2 Å². The number of hydrogen-bond donors (Lipinski definition) is 7. The Bertz CT molecular complexity index is 1410. The lowest BCUT2D eigenvalue weighted by Crippen LogP contribution is -2.88. The molecule has 210 valence electrons. The number of rotatable bonds is 5. The molecule has 4 aliphatic rings. The Hall–Kier alpha value is -4.46. The number of guanidine groups is 2. The average molecular weight is 550 g/mol. The van der Waals surface area contributed by atoms with Gasteiger partial charge in [0.2, 0.25) is 11.5 Å². The van der Waals surface area contributed by atoms with E-state index in [-0.39, 0.29) is 42.2 Å². The molecular weight excluding hydrogens is 516 g/mol. The predicted octanol–water partition coefficient (Wildman–Crippen LogP) is -3.50. The quantitative estimate of drug-likeness (QED) is 0.196. The summed E-state index contributed by atoms with van der Waals surface area (Å²) in [6, 6.07) is 5.26. The van der Waals surface area contributed by atoms with Gasteiger partial charge in [-0.05, 0) is 24.0 Å². The van der Waals surface area contributed by atoms with Gasteiger partial charge in [0.25, 0.3) is 11.8 Å². The third-order valence-electron chi connectivity index (χ3n) is 8.26. The molecule has 14 heteroatoms. The summed E-state index contributed by atoms with van der Waals surface area (Å²) < 4.78 is 5.93. The Morgan fingerprint density at radius 3 is 2.77 bits per heavy atom. The van der Waals surface area contributed by atoms with Crippen LogP contribution >= 0.6 is 0 Å². The van der Waals surface area contributed by atoms with E-state index in [0.29, 0.717) is 17.9 Å². The summed E-state index contributed by atoms with van der Waals surface area (Å²) in [6.45, 7) is 5.02. The molecule has 0 radical (unpaired) electrons. The lowest BCUT2D eigenvalue weighted by atomic mass is 9.79. The minimum atomic E-state index is -1.21. The van der Waals surface area contributed by atoms with Crippen molar-refractivity contribution in [2.75, 3.05) is 19.7 Å². The number of aromatic nitrogens is 2. The number of nitrogens with one attached hydrogen (secondary N) is 4. The molecule has 9 N–H and O–H groups in total. The van der Waals surface area contributed by atoms with E-state index in [1.165, 1.54) is 12.4 Å². The zero-order chi connectivity index (χ0) is 28.2. The van der Waals surface area contributed by atoms with Gasteiger partial charge in [-0.3, -0.25) is 20.3 Å². The monoisotopic (exact) mass is 549 g/mol. The van der Waals surface area contributed by atoms with Crippen LogP contribution in [-0.4, -0.2) is 93.3 Å². The Morgan fingerprint density at radius 1 is 1.23 bits per heavy atom. The molecule has 2 aromatic rings. The first kappa shape index (κ1) is 25.8. The standard InChI is InChI=1S/C26H32N10O4/c1-25(2)7-10-40-17-13(5-3-6-14(17)25)21(38)32-16-12-36-24(28)33-15(11-31-22(39)20-29-8-4-9-30-20)18-26(36,19(16)37)35-23(27)34-18/h3-6,8-9,15-16,18-19,37H,7,10-12H2,1-2H3,(H2,28,33)(H,31,39)(H,32,38)(H3,27,34,35)/p+1/t15-,16?,18-,19-,26-/m0/s1. The first-order chi connectivity index (χ1) is 19.1. The van der Waals surface area contributed by atoms with Crippen LogP contribution in [0.2, 0.25) is 0 Å². The van der Waals surface area contributed by atoms with Crippen LogP contribution < -0.4 is 37.1 Å². The summed E-state index contributed by atoms with van der Waals surface area (Å²) in [5.74, 6) is 0.123. The van der Waals surface area contributed by atoms with Gasteiger partial charge in [-0.1, -0.05) is 26.0 Å². The van der Waals surface area contributed by atoms with Crippen LogP contribution in [0.1, 0.15) is 46.8 Å². The Labute approximate surface area is 230 Å². The number of aliphatic imine (C=N–C) groups is 1. The molecule has 1 fully saturated rings. The van der Waals surface area contributed by atoms with Crippen molar-refractivity contribution in [1.82, 2.24) is 30.8 Å². The van der Waals surface area contributed by atoms with Gasteiger partial charge in [-0.25, -0.2) is 20.3 Å². The molecule has 40 heavy (non-hydrogen) atoms. The molecular formula is C26H33N10O4+. The predicted molar refractivity (Wildman–Crippen MR) is 143 cm³/mol. The van der Waals surface area contributed by atoms with Crippen molar-refractivity contribution in [2.45, 2.75) is 55.6 Å². The first-order valence-corrected chi connectivity index (χ1v) is 13.2. The lowest BCUT2D eigenvalue weighted by Gasteiger charge is -2.43. The van der Waals surface area contributed by atoms with Gasteiger partial charge < -0.3 is 31.1 Å². The van der Waals surface area contributed by atoms with Crippen LogP contribution in [0, 0.1) is 0 Å². The molecule has 1 saturated heterocycles. The molecule has 5 heterocycles. The maximum Gasteiger partial charge on any atom is 0.343 e. The molecule has 4 aliphatic heterocycles. The summed E-state index contributed by atoms with van der Waals surface area (Å²) in [5, 5.41) is 20.6. The van der Waals surface area contributed by atoms with Crippen LogP contribution in [0.15, 0.2) is 41.7 Å². The van der Waals surface area contributed by atoms with E-state index in [1.807, 2.05) is 12.1 Å². The molecule has 1 aromatic carbocycles. The zero-order valence-electron chi connectivity index (χ0n) is 22.2. The van der Waals surface area contributed by atoms with Crippen molar-refractivity contribution in [3.8, 4) is 5.75 Å². The number of benzene rings is 1. The second kappa shape index (κ2) is 9.33. The van der Waals surface area contributed by atoms with Crippen LogP contribution in [0.5, 0.6) is 5.75 Å². The van der Waals surface area contributed by atoms with Crippen LogP contribution in [0.3, 0.4) is 0 Å². The number of para-hydroxylation sites is 1. The Balaban J connectivity index is 1.23. The van der Waals surface area contributed by atoms with Crippen molar-refractivity contribution in [3.63, 3.8) is 0 Å². The largest absolute Gasteiger partial charge is 0.492 e. The van der Waals surface area contributed by atoms with Gasteiger partial charge in [0, 0.05) is 31.0 Å². The number of fused-ring (bicyclic) bond motifs is 1. The molecule has 6 rings (SSSR count). The molecule has 5 atom stereocenters. The van der Waals surface area contributed by atoms with E-state index < -0.39 is 35.8 Å². The summed E-state index contributed by atoms with van der Waals surface area (Å²) in [5.41, 5.74) is 12.6. The highest BCUT2D eigenvalue weighted by Gasteiger charge is 2.68. The SMILES string of the molecule is CC1(C)CCOc2c(C(=O)NC3CN4C(N)=N[C@@H](CNC(=O)c5ncccn5)[C@@H]5[NH+]=C(N)N[C@@]54[C@H]3O)cccc21. The number of carbonyl (C=O) groups excluding carboxylic acids is 2. The maximum absolute atomic E-state index is 13.5. The van der Waals surface area contributed by atoms with E-state index >= 15 is 0 Å². The molecule has 0 aliphatic carbocycles. The van der Waals surface area contributed by atoms with Gasteiger partial charge >= 0.3 is 5.96 Å². The summed E-state index contributed by atoms with van der Waals surface area (Å²) in [6.07, 6.45) is 2.66. The summed E-state index contributed by atoms with van der Waals surface area (Å²) in [4.78, 5) is 43.5. The fourth-order valence-electron chi connectivity index (χ4n) is 6.18. The minimum Gasteiger partial charge on any atom is -0.492 e. The Morgan fingerprint density at radius 2 is 2.00 bits per heavy atom. The fourth-order valence-corrected chi connectivity index (χ4v) is 6.18. The van der Waals surface area contributed by atoms with Crippen molar-refractivity contribution in [2.24, 2.45) is 16.5 Å². The third-order valence-corrected chi connectivity index (χ3v) is 8.26. The topological polar surface area (TPSA) is 207 Å². The van der Waals surface area contributed by atoms with Gasteiger partial charge in [-0.15, -0.1) is 0 Å². The highest BCUT2D eigenvalue weighted by atomic mass is 16.5. The van der Waals surface area contributed by atoms with Gasteiger partial charge in [-0.2, -0.15) is 0 Å². The number of hydrogen-bond acceptors (Lipinski definition) is 11. The lowest BCUT2D eigenvalue weighted by molar-refractivity contribution is -0.513. The number of ether oxygens (including phenoxy) is 1. The minimum absolute atomic E-state index is 0.0225. The van der Waals surface area contributed by atoms with Crippen LogP contribution in [-0.2, 0) is 5.41 Å². The second-order valence-corrected chi connectivity index (χ2v) is 11.1. The van der Waals surface area contributed by atoms with Gasteiger partial charge in [0.15, 0.2) is 12.0 Å². The number of amides is 2. The summed E-state index contributed by atoms with van der Waals surface area (Å²) in [7, 11) is 0.